The van der Waals surface area contributed by atoms with Crippen LogP contribution in [0.1, 0.15) is 45.6 Å². The molecule has 1 spiro atoms. The van der Waals surface area contributed by atoms with Crippen LogP contribution in [0.15, 0.2) is 24.3 Å². The molecule has 3 amide bonds. The normalized spacial score (nSPS) is 26.0. The van der Waals surface area contributed by atoms with Crippen LogP contribution in [-0.2, 0) is 19.7 Å². The monoisotopic (exact) mass is 410 g/mol. The van der Waals surface area contributed by atoms with Crippen LogP contribution in [0.5, 0.6) is 0 Å². The second-order valence-corrected chi connectivity index (χ2v) is 9.36. The average molecular weight is 410 g/mol. The van der Waals surface area contributed by atoms with Crippen molar-refractivity contribution in [3.63, 3.8) is 0 Å². The minimum absolute atomic E-state index is 0.0191. The van der Waals surface area contributed by atoms with Crippen LogP contribution < -0.4 is 10.6 Å². The van der Waals surface area contributed by atoms with Gasteiger partial charge in [0.05, 0.1) is 11.5 Å². The molecule has 0 aromatic heterocycles. The number of nitrogens with one attached hydrogen (secondary N) is 2. The molecule has 8 nitrogen and oxygen atoms in total. The first-order chi connectivity index (χ1) is 14.1. The molecule has 2 fully saturated rings. The Morgan fingerprint density at radius 3 is 2.67 bits per heavy atom. The Hall–Kier alpha value is -3.08. The van der Waals surface area contributed by atoms with E-state index in [1.165, 1.54) is 4.90 Å². The van der Waals surface area contributed by atoms with Gasteiger partial charge in [-0.3, -0.25) is 9.59 Å². The lowest BCUT2D eigenvalue weighted by molar-refractivity contribution is -0.134. The number of nitriles is 1. The fraction of sp³-hybridized carbons (Fsp3) is 0.545. The van der Waals surface area contributed by atoms with Gasteiger partial charge in [-0.2, -0.15) is 5.26 Å². The van der Waals surface area contributed by atoms with Gasteiger partial charge in [0.15, 0.2) is 0 Å². The van der Waals surface area contributed by atoms with Crippen molar-refractivity contribution in [2.24, 2.45) is 5.92 Å². The SMILES string of the molecule is CC(C)(C)OC(=O)N[C@H](C(=O)N1C[C@]2(C[C@H]1C#N)C(=O)Nc1ccccc12)C1CC1. The third-order valence-corrected chi connectivity index (χ3v) is 5.95. The molecule has 4 rings (SSSR count). The van der Waals surface area contributed by atoms with Crippen LogP contribution in [0.4, 0.5) is 10.5 Å². The van der Waals surface area contributed by atoms with Crippen LogP contribution >= 0.6 is 0 Å². The lowest BCUT2D eigenvalue weighted by Gasteiger charge is -2.28. The van der Waals surface area contributed by atoms with Crippen LogP contribution in [0.3, 0.4) is 0 Å². The molecule has 3 atom stereocenters. The molecule has 158 valence electrons. The number of nitrogens with zero attached hydrogens (tertiary/aromatic N) is 2. The third kappa shape index (κ3) is 3.49. The van der Waals surface area contributed by atoms with Gasteiger partial charge in [0, 0.05) is 18.7 Å². The molecule has 1 aromatic carbocycles. The Balaban J connectivity index is 1.58. The van der Waals surface area contributed by atoms with E-state index in [4.69, 9.17) is 4.74 Å². The number of amides is 3. The van der Waals surface area contributed by atoms with E-state index in [2.05, 4.69) is 16.7 Å². The van der Waals surface area contributed by atoms with Gasteiger partial charge in [0.2, 0.25) is 11.8 Å². The molecule has 8 heteroatoms. The van der Waals surface area contributed by atoms with Crippen LogP contribution in [0, 0.1) is 17.2 Å². The lowest BCUT2D eigenvalue weighted by atomic mass is 9.80. The summed E-state index contributed by atoms with van der Waals surface area (Å²) in [6.45, 7) is 5.39. The molecule has 1 aromatic rings. The summed E-state index contributed by atoms with van der Waals surface area (Å²) in [4.78, 5) is 40.1. The van der Waals surface area contributed by atoms with Crippen LogP contribution in [0.2, 0.25) is 0 Å². The predicted molar refractivity (Wildman–Crippen MR) is 108 cm³/mol. The van der Waals surface area contributed by atoms with E-state index in [1.807, 2.05) is 24.3 Å². The zero-order valence-corrected chi connectivity index (χ0v) is 17.4. The standard InChI is InChI=1S/C22H26N4O4/c1-21(2,3)30-20(29)25-17(13-8-9-13)18(27)26-12-22(10-14(26)11-23)15-6-4-5-7-16(15)24-19(22)28/h4-7,13-14,17H,8-10,12H2,1-3H3,(H,24,28)(H,25,29)/t14-,17-,22-/m0/s1. The molecule has 1 saturated heterocycles. The Kier molecular flexibility index (Phi) is 4.72. The number of likely N-dealkylation sites (tertiary alicyclic amines) is 1. The maximum Gasteiger partial charge on any atom is 0.408 e. The van der Waals surface area contributed by atoms with Crippen molar-refractivity contribution in [1.82, 2.24) is 10.2 Å². The Morgan fingerprint density at radius 2 is 2.03 bits per heavy atom. The first-order valence-electron chi connectivity index (χ1n) is 10.3. The third-order valence-electron chi connectivity index (χ3n) is 5.95. The fourth-order valence-corrected chi connectivity index (χ4v) is 4.41. The van der Waals surface area contributed by atoms with Crippen molar-refractivity contribution in [2.75, 3.05) is 11.9 Å². The van der Waals surface area contributed by atoms with Gasteiger partial charge in [-0.05, 0) is 51.2 Å². The maximum absolute atomic E-state index is 13.4. The van der Waals surface area contributed by atoms with Crippen molar-refractivity contribution in [1.29, 1.82) is 5.26 Å². The Bertz CT molecular complexity index is 943. The number of hydrogen-bond donors (Lipinski definition) is 2. The Morgan fingerprint density at radius 1 is 1.33 bits per heavy atom. The molecular formula is C22H26N4O4. The van der Waals surface area contributed by atoms with Crippen molar-refractivity contribution in [2.45, 2.75) is 63.1 Å². The van der Waals surface area contributed by atoms with Gasteiger partial charge >= 0.3 is 6.09 Å². The molecule has 0 radical (unpaired) electrons. The largest absolute Gasteiger partial charge is 0.444 e. The van der Waals surface area contributed by atoms with Crippen LogP contribution in [-0.4, -0.2) is 47.0 Å². The molecule has 1 aliphatic carbocycles. The highest BCUT2D eigenvalue weighted by Crippen LogP contribution is 2.47. The van der Waals surface area contributed by atoms with Gasteiger partial charge in [-0.25, -0.2) is 4.79 Å². The van der Waals surface area contributed by atoms with Crippen LogP contribution in [0.25, 0.3) is 0 Å². The molecule has 0 bridgehead atoms. The molecule has 1 saturated carbocycles. The first kappa shape index (κ1) is 20.2. The van der Waals surface area contributed by atoms with E-state index < -0.39 is 29.2 Å². The second-order valence-electron chi connectivity index (χ2n) is 9.36. The van der Waals surface area contributed by atoms with Gasteiger partial charge in [-0.1, -0.05) is 18.2 Å². The molecule has 2 N–H and O–H groups in total. The number of carbonyl (C=O) groups is 3. The highest BCUT2D eigenvalue weighted by molar-refractivity contribution is 6.07. The van der Waals surface area contributed by atoms with Gasteiger partial charge in [0.1, 0.15) is 17.7 Å². The van der Waals surface area contributed by atoms with E-state index in [0.29, 0.717) is 0 Å². The summed E-state index contributed by atoms with van der Waals surface area (Å²) in [6, 6.07) is 8.07. The number of benzene rings is 1. The summed E-state index contributed by atoms with van der Waals surface area (Å²) in [5, 5.41) is 15.3. The van der Waals surface area contributed by atoms with Crippen molar-refractivity contribution < 1.29 is 19.1 Å². The topological polar surface area (TPSA) is 112 Å². The molecule has 2 aliphatic heterocycles. The van der Waals surface area contributed by atoms with Crippen molar-refractivity contribution >= 4 is 23.6 Å². The minimum Gasteiger partial charge on any atom is -0.444 e. The summed E-state index contributed by atoms with van der Waals surface area (Å²) < 4.78 is 5.32. The number of para-hydroxylation sites is 1. The molecule has 2 heterocycles. The van der Waals surface area contributed by atoms with Gasteiger partial charge < -0.3 is 20.3 Å². The predicted octanol–water partition coefficient (Wildman–Crippen LogP) is 2.30. The number of rotatable bonds is 3. The van der Waals surface area contributed by atoms with Crippen molar-refractivity contribution in [3.05, 3.63) is 29.8 Å². The highest BCUT2D eigenvalue weighted by atomic mass is 16.6. The van der Waals surface area contributed by atoms with Gasteiger partial charge in [-0.15, -0.1) is 0 Å². The second kappa shape index (κ2) is 7.01. The number of ether oxygens (including phenoxy) is 1. The van der Waals surface area contributed by atoms with E-state index in [1.54, 1.807) is 20.8 Å². The smallest absolute Gasteiger partial charge is 0.408 e. The summed E-state index contributed by atoms with van der Waals surface area (Å²) >= 11 is 0. The highest BCUT2D eigenvalue weighted by Gasteiger charge is 2.57. The first-order valence-corrected chi connectivity index (χ1v) is 10.3. The molecule has 30 heavy (non-hydrogen) atoms. The summed E-state index contributed by atoms with van der Waals surface area (Å²) in [5.74, 6) is -0.503. The van der Waals surface area contributed by atoms with Crippen molar-refractivity contribution in [3.8, 4) is 6.07 Å². The number of hydrogen-bond acceptors (Lipinski definition) is 5. The van der Waals surface area contributed by atoms with E-state index in [9.17, 15) is 19.6 Å². The Labute approximate surface area is 175 Å². The van der Waals surface area contributed by atoms with E-state index in [0.717, 1.165) is 24.1 Å². The lowest BCUT2D eigenvalue weighted by Crippen LogP contribution is -2.52. The summed E-state index contributed by atoms with van der Waals surface area (Å²) in [5.41, 5.74) is -0.0837. The maximum atomic E-state index is 13.4. The summed E-state index contributed by atoms with van der Waals surface area (Å²) in [7, 11) is 0. The number of fused-ring (bicyclic) bond motifs is 2. The number of carbonyl (C=O) groups excluding carboxylic acids is 3. The summed E-state index contributed by atoms with van der Waals surface area (Å²) in [6.07, 6.45) is 1.23. The molecule has 3 aliphatic rings. The number of anilines is 1. The van der Waals surface area contributed by atoms with Gasteiger partial charge in [0.25, 0.3) is 0 Å². The molecular weight excluding hydrogens is 384 g/mol. The van der Waals surface area contributed by atoms with E-state index in [-0.39, 0.29) is 30.7 Å². The average Bonchev–Trinajstić information content (AvgIpc) is 3.38. The fourth-order valence-electron chi connectivity index (χ4n) is 4.41. The minimum atomic E-state index is -0.938. The zero-order chi connectivity index (χ0) is 21.7. The zero-order valence-electron chi connectivity index (χ0n) is 17.4. The molecule has 0 unspecified atom stereocenters. The quantitative estimate of drug-likeness (QED) is 0.794. The van der Waals surface area contributed by atoms with E-state index >= 15 is 0 Å². The number of alkyl carbamates (subject to hydrolysis) is 1.